The van der Waals surface area contributed by atoms with E-state index >= 15 is 0 Å². The van der Waals surface area contributed by atoms with Gasteiger partial charge < -0.3 is 33.2 Å². The lowest BCUT2D eigenvalue weighted by Crippen LogP contribution is -2.41. The maximum atomic E-state index is 13.5. The highest BCUT2D eigenvalue weighted by Gasteiger charge is 2.51. The fraction of sp³-hybridized carbons (Fsp3) is 0.340. The Morgan fingerprint density at radius 1 is 0.922 bits per heavy atom. The van der Waals surface area contributed by atoms with E-state index in [1.165, 1.54) is 6.20 Å². The van der Waals surface area contributed by atoms with E-state index < -0.39 is 50.1 Å². The highest BCUT2D eigenvalue weighted by molar-refractivity contribution is 7.44. The van der Waals surface area contributed by atoms with Gasteiger partial charge in [0.1, 0.15) is 41.5 Å². The Bertz CT molecular complexity index is 2480. The predicted octanol–water partition coefficient (Wildman–Crippen LogP) is 7.64. The van der Waals surface area contributed by atoms with E-state index in [0.717, 1.165) is 21.2 Å². The van der Waals surface area contributed by atoms with Crippen LogP contribution in [0.15, 0.2) is 125 Å². The summed E-state index contributed by atoms with van der Waals surface area (Å²) < 4.78 is 41.2. The first kappa shape index (κ1) is 46.0. The van der Waals surface area contributed by atoms with E-state index in [9.17, 15) is 14.7 Å². The van der Waals surface area contributed by atoms with Crippen LogP contribution >= 0.6 is 8.53 Å². The smallest absolute Gasteiger partial charge is 0.350 e. The summed E-state index contributed by atoms with van der Waals surface area (Å²) in [5.74, 6) is 0.745. The molecule has 0 radical (unpaired) electrons. The van der Waals surface area contributed by atoms with Crippen LogP contribution in [0.3, 0.4) is 0 Å². The van der Waals surface area contributed by atoms with Gasteiger partial charge >= 0.3 is 14.2 Å². The maximum absolute atomic E-state index is 13.5. The first-order chi connectivity index (χ1) is 31.0. The minimum atomic E-state index is -1.96. The molecule has 0 aliphatic carbocycles. The molecule has 5 unspecified atom stereocenters. The molecule has 1 aliphatic rings. The Labute approximate surface area is 373 Å². The lowest BCUT2D eigenvalue weighted by molar-refractivity contribution is -0.0826. The largest absolute Gasteiger partial charge is 0.497 e. The van der Waals surface area contributed by atoms with Crippen molar-refractivity contribution in [1.82, 2.24) is 24.3 Å². The number of aromatic nitrogens is 4. The molecule has 1 fully saturated rings. The maximum Gasteiger partial charge on any atom is 0.350 e. The van der Waals surface area contributed by atoms with E-state index in [4.69, 9.17) is 28.1 Å². The van der Waals surface area contributed by atoms with Crippen molar-refractivity contribution in [1.29, 1.82) is 0 Å². The van der Waals surface area contributed by atoms with E-state index in [2.05, 4.69) is 25.5 Å². The number of amides is 1. The Balaban J connectivity index is 1.32. The number of aliphatic hydroxyl groups is 1. The van der Waals surface area contributed by atoms with Crippen molar-refractivity contribution in [2.24, 2.45) is 5.16 Å². The number of oxime groups is 1. The van der Waals surface area contributed by atoms with Crippen molar-refractivity contribution in [2.75, 3.05) is 26.1 Å². The lowest BCUT2D eigenvalue weighted by Gasteiger charge is -2.37. The van der Waals surface area contributed by atoms with Crippen molar-refractivity contribution in [3.8, 4) is 11.5 Å². The molecule has 1 amide bonds. The minimum Gasteiger partial charge on any atom is -0.497 e. The summed E-state index contributed by atoms with van der Waals surface area (Å²) in [5, 5.41) is 23.8. The quantitative estimate of drug-likeness (QED) is 0.0313. The molecular formula is C47H54N7O9P. The Morgan fingerprint density at radius 3 is 2.06 bits per heavy atom. The number of ether oxygens (including phenoxy) is 4. The first-order valence-electron chi connectivity index (χ1n) is 21.1. The van der Waals surface area contributed by atoms with Crippen LogP contribution in [0.1, 0.15) is 79.8 Å². The highest BCUT2D eigenvalue weighted by Crippen LogP contribution is 2.52. The molecule has 5 atom stereocenters. The molecule has 3 N–H and O–H groups in total. The van der Waals surface area contributed by atoms with Crippen LogP contribution < -0.4 is 20.5 Å². The van der Waals surface area contributed by atoms with Gasteiger partial charge in [0, 0.05) is 29.4 Å². The van der Waals surface area contributed by atoms with E-state index in [-0.39, 0.29) is 30.3 Å². The van der Waals surface area contributed by atoms with Gasteiger partial charge in [0.2, 0.25) is 5.95 Å². The van der Waals surface area contributed by atoms with Crippen molar-refractivity contribution >= 4 is 32.2 Å². The average Bonchev–Trinajstić information content (AvgIpc) is 3.87. The van der Waals surface area contributed by atoms with Gasteiger partial charge in [-0.05, 0) is 87.2 Å². The van der Waals surface area contributed by atoms with Gasteiger partial charge in [-0.15, -0.1) is 0 Å². The van der Waals surface area contributed by atoms with Gasteiger partial charge in [-0.25, -0.2) is 9.46 Å². The van der Waals surface area contributed by atoms with Gasteiger partial charge in [-0.3, -0.25) is 15.1 Å². The highest BCUT2D eigenvalue weighted by atomic mass is 31.2. The third kappa shape index (κ3) is 9.72. The summed E-state index contributed by atoms with van der Waals surface area (Å²) in [5.41, 5.74) is 1.25. The Hall–Kier alpha value is -6.00. The molecule has 4 aromatic carbocycles. The van der Waals surface area contributed by atoms with Crippen LogP contribution in [-0.2, 0) is 24.2 Å². The van der Waals surface area contributed by atoms with Crippen LogP contribution in [0, 0.1) is 0 Å². The summed E-state index contributed by atoms with van der Waals surface area (Å²) in [6.45, 7) is 9.88. The van der Waals surface area contributed by atoms with Crippen molar-refractivity contribution in [3.63, 3.8) is 0 Å². The number of nitrogens with one attached hydrogen (secondary N) is 2. The van der Waals surface area contributed by atoms with Gasteiger partial charge in [0.05, 0.1) is 27.0 Å². The number of H-pyrrole nitrogens is 1. The molecule has 1 aliphatic heterocycles. The second kappa shape index (κ2) is 20.7. The van der Waals surface area contributed by atoms with Gasteiger partial charge in [0.25, 0.3) is 5.91 Å². The van der Waals surface area contributed by atoms with Gasteiger partial charge in [0.15, 0.2) is 5.65 Å². The number of aliphatic hydroxyl groups excluding tert-OH is 1. The van der Waals surface area contributed by atoms with E-state index in [0.29, 0.717) is 29.0 Å². The number of aromatic amines is 1. The van der Waals surface area contributed by atoms with Gasteiger partial charge in [-0.1, -0.05) is 84.9 Å². The number of hydrogen-bond acceptors (Lipinski definition) is 13. The molecule has 0 saturated carbocycles. The summed E-state index contributed by atoms with van der Waals surface area (Å²) in [6, 6.07) is 33.5. The summed E-state index contributed by atoms with van der Waals surface area (Å²) in [4.78, 5) is 33.9. The summed E-state index contributed by atoms with van der Waals surface area (Å²) in [7, 11) is 1.26. The number of fused-ring (bicyclic) bond motifs is 1. The number of rotatable bonds is 19. The number of hydrogen-bond donors (Lipinski definition) is 3. The molecule has 336 valence electrons. The lowest BCUT2D eigenvalue weighted by atomic mass is 9.80. The molecule has 16 nitrogen and oxygen atoms in total. The fourth-order valence-corrected chi connectivity index (χ4v) is 9.37. The van der Waals surface area contributed by atoms with Crippen LogP contribution in [0.4, 0.5) is 5.95 Å². The molecule has 17 heteroatoms. The number of anilines is 1. The summed E-state index contributed by atoms with van der Waals surface area (Å²) in [6.07, 6.45) is -0.841. The van der Waals surface area contributed by atoms with Crippen LogP contribution in [0.25, 0.3) is 5.65 Å². The second-order valence-corrected chi connectivity index (χ2v) is 16.9. The molecule has 64 heavy (non-hydrogen) atoms. The van der Waals surface area contributed by atoms with Crippen molar-refractivity contribution < 1.29 is 38.0 Å². The minimum absolute atomic E-state index is 0.0477. The monoisotopic (exact) mass is 891 g/mol. The fourth-order valence-electron chi connectivity index (χ4n) is 7.80. The van der Waals surface area contributed by atoms with Crippen molar-refractivity contribution in [3.05, 3.63) is 154 Å². The van der Waals surface area contributed by atoms with Crippen LogP contribution in [0.2, 0.25) is 0 Å². The predicted molar refractivity (Wildman–Crippen MR) is 244 cm³/mol. The number of methoxy groups -OCH3 is 2. The number of benzene rings is 4. The molecule has 3 heterocycles. The standard InChI is InChI=1S/C47H54N7O9P/c1-8-27-49-63-64(54(30(2)3)31(4)5)62-42-40(55)39(61-41(42)38-28-48-53-43(38)50-45(52-46(53)57)51-44(56)32-15-11-9-12-16-32)29-60-47(33-17-13-10-14-18-33,34-19-23-36(58-6)24-20-34)35-21-25-37(59-7)26-22-35/h9-28,30-31,39-42,55H,8,29H2,1-7H3,(H2,50,51,52,56,57)/b49-27+. The van der Waals surface area contributed by atoms with Crippen molar-refractivity contribution in [2.45, 2.75) is 83.1 Å². The molecule has 7 rings (SSSR count). The number of carbonyl (C=O) groups excluding carboxylic acids is 1. The third-order valence-corrected chi connectivity index (χ3v) is 12.7. The van der Waals surface area contributed by atoms with Crippen LogP contribution in [-0.4, -0.2) is 92.7 Å². The molecule has 2 aromatic heterocycles. The van der Waals surface area contributed by atoms with Gasteiger partial charge in [-0.2, -0.15) is 14.6 Å². The molecule has 1 saturated heterocycles. The zero-order chi connectivity index (χ0) is 45.4. The topological polar surface area (TPSA) is 183 Å². The zero-order valence-electron chi connectivity index (χ0n) is 36.8. The molecular weight excluding hydrogens is 838 g/mol. The second-order valence-electron chi connectivity index (χ2n) is 15.6. The third-order valence-electron chi connectivity index (χ3n) is 10.8. The average molecular weight is 892 g/mol. The first-order valence-corrected chi connectivity index (χ1v) is 22.2. The molecule has 6 aromatic rings. The van der Waals surface area contributed by atoms with Crippen LogP contribution in [0.5, 0.6) is 11.5 Å². The normalized spacial score (nSPS) is 18.3. The Kier molecular flexibility index (Phi) is 14.9. The van der Waals surface area contributed by atoms with E-state index in [1.807, 2.05) is 118 Å². The number of carbonyl (C=O) groups is 1. The molecule has 0 bridgehead atoms. The zero-order valence-corrected chi connectivity index (χ0v) is 37.7. The number of nitrogens with zero attached hydrogens (tertiary/aromatic N) is 5. The summed E-state index contributed by atoms with van der Waals surface area (Å²) >= 11 is 0. The molecule has 0 spiro atoms. The Morgan fingerprint density at radius 2 is 1.50 bits per heavy atom. The van der Waals surface area contributed by atoms with E-state index in [1.54, 1.807) is 50.8 Å². The SMILES string of the molecule is CC/C=N/OP(OC1C(c2cnn3c(=O)[nH]c(NC(=O)c4ccccc4)nc23)OC(COC(c2ccccc2)(c2ccc(OC)cc2)c2ccc(OC)cc2)C1O)N(C(C)C)C(C)C.